The lowest BCUT2D eigenvalue weighted by molar-refractivity contribution is -0.115. The molecule has 1 amide bonds. The van der Waals surface area contributed by atoms with Crippen LogP contribution < -0.4 is 5.32 Å². The van der Waals surface area contributed by atoms with Crippen LogP contribution in [0.15, 0.2) is 53.4 Å². The number of amides is 1. The zero-order valence-corrected chi connectivity index (χ0v) is 14.4. The van der Waals surface area contributed by atoms with Crippen molar-refractivity contribution >= 4 is 35.0 Å². The second-order valence-corrected chi connectivity index (χ2v) is 6.86. The zero-order valence-electron chi connectivity index (χ0n) is 12.8. The van der Waals surface area contributed by atoms with Crippen molar-refractivity contribution < 1.29 is 4.79 Å². The number of para-hydroxylation sites is 1. The minimum absolute atomic E-state index is 0.0349. The molecule has 2 rings (SSSR count). The Morgan fingerprint density at radius 1 is 1.14 bits per heavy atom. The van der Waals surface area contributed by atoms with Crippen molar-refractivity contribution in [3.05, 3.63) is 59.1 Å². The summed E-state index contributed by atoms with van der Waals surface area (Å²) in [7, 11) is 0. The van der Waals surface area contributed by atoms with Crippen molar-refractivity contribution in [2.75, 3.05) is 11.1 Å². The van der Waals surface area contributed by atoms with Crippen molar-refractivity contribution in [3.63, 3.8) is 0 Å². The van der Waals surface area contributed by atoms with Crippen LogP contribution in [0.25, 0.3) is 0 Å². The van der Waals surface area contributed by atoms with Crippen LogP contribution in [0.1, 0.15) is 31.7 Å². The lowest BCUT2D eigenvalue weighted by Crippen LogP contribution is -2.13. The summed E-state index contributed by atoms with van der Waals surface area (Å²) in [6.07, 6.45) is 0.461. The first-order valence-corrected chi connectivity index (χ1v) is 8.70. The summed E-state index contributed by atoms with van der Waals surface area (Å²) in [6, 6.07) is 15.6. The fourth-order valence-corrected chi connectivity index (χ4v) is 3.33. The molecule has 22 heavy (non-hydrogen) atoms. The number of carbonyl (C=O) groups is 1. The molecule has 4 heteroatoms. The Morgan fingerprint density at radius 2 is 1.82 bits per heavy atom. The molecule has 0 saturated heterocycles. The third-order valence-electron chi connectivity index (χ3n) is 3.28. The highest BCUT2D eigenvalue weighted by atomic mass is 35.5. The van der Waals surface area contributed by atoms with Crippen LogP contribution in [0, 0.1) is 0 Å². The molecule has 0 radical (unpaired) electrons. The molecule has 0 aliphatic carbocycles. The summed E-state index contributed by atoms with van der Waals surface area (Å²) in [4.78, 5) is 13.1. The largest absolute Gasteiger partial charge is 0.326 e. The molecule has 0 atom stereocenters. The van der Waals surface area contributed by atoms with Gasteiger partial charge in [0.25, 0.3) is 0 Å². The van der Waals surface area contributed by atoms with E-state index in [1.807, 2.05) is 42.5 Å². The molecule has 0 heterocycles. The van der Waals surface area contributed by atoms with E-state index in [0.29, 0.717) is 18.1 Å². The fraction of sp³-hybridized carbons (Fsp3) is 0.278. The first-order valence-electron chi connectivity index (χ1n) is 7.34. The van der Waals surface area contributed by atoms with Crippen LogP contribution in [-0.2, 0) is 4.79 Å². The maximum atomic E-state index is 12.1. The Balaban J connectivity index is 1.88. The summed E-state index contributed by atoms with van der Waals surface area (Å²) < 4.78 is 0. The van der Waals surface area contributed by atoms with Gasteiger partial charge in [-0.3, -0.25) is 4.79 Å². The summed E-state index contributed by atoms with van der Waals surface area (Å²) >= 11 is 7.71. The Kier molecular flexibility index (Phi) is 6.34. The molecule has 2 nitrogen and oxygen atoms in total. The van der Waals surface area contributed by atoms with Gasteiger partial charge in [0, 0.05) is 22.8 Å². The van der Waals surface area contributed by atoms with Crippen molar-refractivity contribution in [1.82, 2.24) is 0 Å². The summed E-state index contributed by atoms with van der Waals surface area (Å²) in [5, 5.41) is 3.74. The number of carbonyl (C=O) groups excluding carboxylic acids is 1. The van der Waals surface area contributed by atoms with Gasteiger partial charge in [-0.1, -0.05) is 55.8 Å². The Morgan fingerprint density at radius 3 is 2.55 bits per heavy atom. The first kappa shape index (κ1) is 16.9. The molecule has 0 aromatic heterocycles. The lowest BCUT2D eigenvalue weighted by atomic mass is 10.0. The van der Waals surface area contributed by atoms with Gasteiger partial charge in [0.15, 0.2) is 0 Å². The smallest absolute Gasteiger partial charge is 0.225 e. The molecule has 2 aromatic carbocycles. The molecule has 0 aliphatic rings. The van der Waals surface area contributed by atoms with E-state index in [4.69, 9.17) is 11.6 Å². The van der Waals surface area contributed by atoms with Gasteiger partial charge in [0.1, 0.15) is 0 Å². The number of anilines is 1. The van der Waals surface area contributed by atoms with Crippen molar-refractivity contribution in [2.45, 2.75) is 31.1 Å². The molecule has 0 unspecified atom stereocenters. The Hall–Kier alpha value is -1.45. The Labute approximate surface area is 141 Å². The SMILES string of the molecule is CC(C)c1ccccc1NC(=O)CCSc1ccccc1Cl. The predicted molar refractivity (Wildman–Crippen MR) is 96.0 cm³/mol. The minimum atomic E-state index is 0.0349. The van der Waals surface area contributed by atoms with E-state index in [-0.39, 0.29) is 5.91 Å². The zero-order chi connectivity index (χ0) is 15.9. The average molecular weight is 334 g/mol. The second-order valence-electron chi connectivity index (χ2n) is 5.32. The van der Waals surface area contributed by atoms with Gasteiger partial charge < -0.3 is 5.32 Å². The molecule has 116 valence electrons. The van der Waals surface area contributed by atoms with Crippen molar-refractivity contribution in [2.24, 2.45) is 0 Å². The van der Waals surface area contributed by atoms with Crippen molar-refractivity contribution in [3.8, 4) is 0 Å². The van der Waals surface area contributed by atoms with E-state index in [2.05, 4.69) is 25.2 Å². The quantitative estimate of drug-likeness (QED) is 0.699. The highest BCUT2D eigenvalue weighted by molar-refractivity contribution is 7.99. The number of rotatable bonds is 6. The average Bonchev–Trinajstić information content (AvgIpc) is 2.49. The van der Waals surface area contributed by atoms with Gasteiger partial charge in [-0.2, -0.15) is 0 Å². The molecular formula is C18H20ClNOS. The molecule has 0 saturated carbocycles. The monoisotopic (exact) mass is 333 g/mol. The van der Waals surface area contributed by atoms with Crippen molar-refractivity contribution in [1.29, 1.82) is 0 Å². The fourth-order valence-electron chi connectivity index (χ4n) is 2.14. The standard InChI is InChI=1S/C18H20ClNOS/c1-13(2)14-7-3-5-9-16(14)20-18(21)11-12-22-17-10-6-4-8-15(17)19/h3-10,13H,11-12H2,1-2H3,(H,20,21). The molecule has 0 aliphatic heterocycles. The molecule has 0 bridgehead atoms. The van der Waals surface area contributed by atoms with Crippen LogP contribution in [0.2, 0.25) is 5.02 Å². The maximum absolute atomic E-state index is 12.1. The lowest BCUT2D eigenvalue weighted by Gasteiger charge is -2.13. The molecule has 0 fully saturated rings. The number of nitrogens with one attached hydrogen (secondary N) is 1. The van der Waals surface area contributed by atoms with Gasteiger partial charge in [-0.25, -0.2) is 0 Å². The van der Waals surface area contributed by atoms with Crippen LogP contribution in [-0.4, -0.2) is 11.7 Å². The van der Waals surface area contributed by atoms with Crippen LogP contribution >= 0.6 is 23.4 Å². The third-order valence-corrected chi connectivity index (χ3v) is 4.80. The molecular weight excluding hydrogens is 314 g/mol. The van der Waals surface area contributed by atoms with Gasteiger partial charge in [-0.15, -0.1) is 11.8 Å². The minimum Gasteiger partial charge on any atom is -0.326 e. The molecule has 1 N–H and O–H groups in total. The second kappa shape index (κ2) is 8.25. The van der Waals surface area contributed by atoms with Gasteiger partial charge in [0.05, 0.1) is 5.02 Å². The number of halogens is 1. The van der Waals surface area contributed by atoms with Gasteiger partial charge in [-0.05, 0) is 29.7 Å². The number of thioether (sulfide) groups is 1. The third kappa shape index (κ3) is 4.79. The number of hydrogen-bond donors (Lipinski definition) is 1. The van der Waals surface area contributed by atoms with Crippen LogP contribution in [0.5, 0.6) is 0 Å². The first-order chi connectivity index (χ1) is 10.6. The highest BCUT2D eigenvalue weighted by Crippen LogP contribution is 2.27. The topological polar surface area (TPSA) is 29.1 Å². The van der Waals surface area contributed by atoms with E-state index < -0.39 is 0 Å². The maximum Gasteiger partial charge on any atom is 0.225 e. The van der Waals surface area contributed by atoms with Crippen LogP contribution in [0.3, 0.4) is 0 Å². The number of benzene rings is 2. The van der Waals surface area contributed by atoms with E-state index in [1.165, 1.54) is 0 Å². The van der Waals surface area contributed by atoms with E-state index >= 15 is 0 Å². The normalized spacial score (nSPS) is 10.7. The molecule has 0 spiro atoms. The summed E-state index contributed by atoms with van der Waals surface area (Å²) in [5.41, 5.74) is 2.07. The van der Waals surface area contributed by atoms with E-state index in [1.54, 1.807) is 11.8 Å². The Bertz CT molecular complexity index is 642. The van der Waals surface area contributed by atoms with Crippen LogP contribution in [0.4, 0.5) is 5.69 Å². The van der Waals surface area contributed by atoms with Gasteiger partial charge >= 0.3 is 0 Å². The van der Waals surface area contributed by atoms with Gasteiger partial charge in [0.2, 0.25) is 5.91 Å². The highest BCUT2D eigenvalue weighted by Gasteiger charge is 2.09. The molecule has 2 aromatic rings. The van der Waals surface area contributed by atoms with E-state index in [0.717, 1.165) is 21.2 Å². The summed E-state index contributed by atoms with van der Waals surface area (Å²) in [6.45, 7) is 4.25. The predicted octanol–water partition coefficient (Wildman–Crippen LogP) is 5.58. The number of hydrogen-bond acceptors (Lipinski definition) is 2. The van der Waals surface area contributed by atoms with E-state index in [9.17, 15) is 4.79 Å². The summed E-state index contributed by atoms with van der Waals surface area (Å²) in [5.74, 6) is 1.13.